The van der Waals surface area contributed by atoms with Gasteiger partial charge in [0.25, 0.3) is 0 Å². The van der Waals surface area contributed by atoms with Crippen molar-refractivity contribution in [1.82, 2.24) is 10.2 Å². The fourth-order valence-corrected chi connectivity index (χ4v) is 2.53. The van der Waals surface area contributed by atoms with Crippen LogP contribution in [0, 0.1) is 5.92 Å². The van der Waals surface area contributed by atoms with Crippen LogP contribution in [0.15, 0.2) is 0 Å². The van der Waals surface area contributed by atoms with Crippen molar-refractivity contribution in [2.75, 3.05) is 39.9 Å². The van der Waals surface area contributed by atoms with Gasteiger partial charge < -0.3 is 15.2 Å². The topological polar surface area (TPSA) is 78.9 Å². The zero-order chi connectivity index (χ0) is 14.8. The van der Waals surface area contributed by atoms with E-state index in [9.17, 15) is 9.59 Å². The lowest BCUT2D eigenvalue weighted by atomic mass is 9.95. The van der Waals surface area contributed by atoms with E-state index in [0.29, 0.717) is 31.8 Å². The highest BCUT2D eigenvalue weighted by Gasteiger charge is 2.20. The van der Waals surface area contributed by atoms with Gasteiger partial charge in [-0.2, -0.15) is 0 Å². The molecule has 0 spiro atoms. The summed E-state index contributed by atoms with van der Waals surface area (Å²) in [6.07, 6.45) is 3.97. The molecule has 0 aromatic carbocycles. The first-order chi connectivity index (χ1) is 9.65. The fourth-order valence-electron chi connectivity index (χ4n) is 2.53. The number of aliphatic hydroxyl groups excluding tert-OH is 1. The second-order valence-corrected chi connectivity index (χ2v) is 5.29. The van der Waals surface area contributed by atoms with Crippen LogP contribution >= 0.6 is 0 Å². The Hall–Kier alpha value is -1.14. The van der Waals surface area contributed by atoms with Crippen molar-refractivity contribution in [1.29, 1.82) is 0 Å². The standard InChI is InChI=1S/C14H26N2O4/c1-20-14(19)5-2-7-15-13(18)11-16-8-3-4-12(10-16)6-9-17/h12,17H,2-11H2,1H3,(H,15,18). The van der Waals surface area contributed by atoms with E-state index in [2.05, 4.69) is 15.0 Å². The molecule has 0 radical (unpaired) electrons. The van der Waals surface area contributed by atoms with E-state index in [4.69, 9.17) is 5.11 Å². The van der Waals surface area contributed by atoms with Gasteiger partial charge in [-0.1, -0.05) is 0 Å². The van der Waals surface area contributed by atoms with E-state index in [1.807, 2.05) is 0 Å². The number of rotatable bonds is 8. The van der Waals surface area contributed by atoms with Gasteiger partial charge in [0.05, 0.1) is 13.7 Å². The molecule has 1 aliphatic rings. The molecule has 1 aliphatic heterocycles. The number of carbonyl (C=O) groups excluding carboxylic acids is 2. The maximum Gasteiger partial charge on any atom is 0.305 e. The molecule has 1 unspecified atom stereocenters. The molecule has 2 N–H and O–H groups in total. The normalized spacial score (nSPS) is 19.6. The smallest absolute Gasteiger partial charge is 0.305 e. The molecular weight excluding hydrogens is 260 g/mol. The molecule has 0 saturated carbocycles. The molecule has 1 rings (SSSR count). The van der Waals surface area contributed by atoms with Crippen molar-refractivity contribution in [2.24, 2.45) is 5.92 Å². The van der Waals surface area contributed by atoms with Crippen LogP contribution in [-0.4, -0.2) is 61.8 Å². The van der Waals surface area contributed by atoms with Gasteiger partial charge >= 0.3 is 5.97 Å². The summed E-state index contributed by atoms with van der Waals surface area (Å²) in [6, 6.07) is 0. The van der Waals surface area contributed by atoms with Crippen LogP contribution < -0.4 is 5.32 Å². The number of carbonyl (C=O) groups is 2. The van der Waals surface area contributed by atoms with Gasteiger partial charge in [-0.3, -0.25) is 14.5 Å². The van der Waals surface area contributed by atoms with Crippen LogP contribution in [0.3, 0.4) is 0 Å². The third-order valence-corrected chi connectivity index (χ3v) is 3.62. The Labute approximate surface area is 120 Å². The third kappa shape index (κ3) is 6.86. The molecule has 0 bridgehead atoms. The van der Waals surface area contributed by atoms with Crippen LogP contribution in [0.25, 0.3) is 0 Å². The van der Waals surface area contributed by atoms with Crippen molar-refractivity contribution in [3.63, 3.8) is 0 Å². The number of piperidine rings is 1. The summed E-state index contributed by atoms with van der Waals surface area (Å²) in [7, 11) is 1.36. The first-order valence-corrected chi connectivity index (χ1v) is 7.32. The zero-order valence-electron chi connectivity index (χ0n) is 12.3. The summed E-state index contributed by atoms with van der Waals surface area (Å²) in [5, 5.41) is 11.8. The van der Waals surface area contributed by atoms with Crippen molar-refractivity contribution in [3.05, 3.63) is 0 Å². The number of hydrogen-bond donors (Lipinski definition) is 2. The van der Waals surface area contributed by atoms with Crippen molar-refractivity contribution < 1.29 is 19.4 Å². The van der Waals surface area contributed by atoms with Gasteiger partial charge in [0.1, 0.15) is 0 Å². The Balaban J connectivity index is 2.13. The molecule has 20 heavy (non-hydrogen) atoms. The number of amides is 1. The zero-order valence-corrected chi connectivity index (χ0v) is 12.3. The number of esters is 1. The van der Waals surface area contributed by atoms with E-state index >= 15 is 0 Å². The molecule has 6 nitrogen and oxygen atoms in total. The largest absolute Gasteiger partial charge is 0.469 e. The van der Waals surface area contributed by atoms with Crippen LogP contribution in [0.1, 0.15) is 32.1 Å². The maximum absolute atomic E-state index is 11.8. The van der Waals surface area contributed by atoms with Crippen molar-refractivity contribution in [3.8, 4) is 0 Å². The van der Waals surface area contributed by atoms with Gasteiger partial charge in [-0.15, -0.1) is 0 Å². The second kappa shape index (κ2) is 9.72. The van der Waals surface area contributed by atoms with E-state index in [0.717, 1.165) is 32.4 Å². The first-order valence-electron chi connectivity index (χ1n) is 7.32. The monoisotopic (exact) mass is 286 g/mol. The Kier molecular flexibility index (Phi) is 8.22. The molecular formula is C14H26N2O4. The summed E-state index contributed by atoms with van der Waals surface area (Å²) in [4.78, 5) is 24.8. The summed E-state index contributed by atoms with van der Waals surface area (Å²) >= 11 is 0. The minimum absolute atomic E-state index is 0.000450. The molecule has 0 aromatic heterocycles. The minimum Gasteiger partial charge on any atom is -0.469 e. The molecule has 0 aromatic rings. The van der Waals surface area contributed by atoms with Crippen LogP contribution in [0.4, 0.5) is 0 Å². The average Bonchev–Trinajstić information content (AvgIpc) is 2.44. The number of ether oxygens (including phenoxy) is 1. The maximum atomic E-state index is 11.8. The van der Waals surface area contributed by atoms with Gasteiger partial charge in [0, 0.05) is 26.1 Å². The Morgan fingerprint density at radius 1 is 1.45 bits per heavy atom. The number of nitrogens with one attached hydrogen (secondary N) is 1. The summed E-state index contributed by atoms with van der Waals surface area (Å²) < 4.78 is 4.53. The molecule has 1 atom stereocenters. The SMILES string of the molecule is COC(=O)CCCNC(=O)CN1CCCC(CCO)C1. The van der Waals surface area contributed by atoms with Crippen LogP contribution in [0.2, 0.25) is 0 Å². The highest BCUT2D eigenvalue weighted by Crippen LogP contribution is 2.18. The summed E-state index contributed by atoms with van der Waals surface area (Å²) in [6.45, 7) is 2.95. The predicted octanol–water partition coefficient (Wildman–Crippen LogP) is 0.150. The highest BCUT2D eigenvalue weighted by atomic mass is 16.5. The first kappa shape index (κ1) is 16.9. The molecule has 1 fully saturated rings. The van der Waals surface area contributed by atoms with Crippen molar-refractivity contribution in [2.45, 2.75) is 32.1 Å². The average molecular weight is 286 g/mol. The third-order valence-electron chi connectivity index (χ3n) is 3.62. The number of likely N-dealkylation sites (tertiary alicyclic amines) is 1. The highest BCUT2D eigenvalue weighted by molar-refractivity contribution is 5.78. The lowest BCUT2D eigenvalue weighted by Crippen LogP contribution is -2.42. The number of methoxy groups -OCH3 is 1. The lowest BCUT2D eigenvalue weighted by Gasteiger charge is -2.31. The molecule has 1 saturated heterocycles. The van der Waals surface area contributed by atoms with E-state index in [1.165, 1.54) is 7.11 Å². The van der Waals surface area contributed by atoms with Gasteiger partial charge in [0.15, 0.2) is 0 Å². The van der Waals surface area contributed by atoms with Gasteiger partial charge in [0.2, 0.25) is 5.91 Å². The number of hydrogen-bond acceptors (Lipinski definition) is 5. The van der Waals surface area contributed by atoms with Gasteiger partial charge in [-0.25, -0.2) is 0 Å². The quantitative estimate of drug-likeness (QED) is 0.490. The summed E-state index contributed by atoms with van der Waals surface area (Å²) in [5.74, 6) is 0.252. The number of nitrogens with zero attached hydrogens (tertiary/aromatic N) is 1. The second-order valence-electron chi connectivity index (χ2n) is 5.29. The fraction of sp³-hybridized carbons (Fsp3) is 0.857. The molecule has 1 heterocycles. The van der Waals surface area contributed by atoms with E-state index in [-0.39, 0.29) is 18.5 Å². The predicted molar refractivity (Wildman–Crippen MR) is 75.1 cm³/mol. The molecule has 1 amide bonds. The molecule has 6 heteroatoms. The summed E-state index contributed by atoms with van der Waals surface area (Å²) in [5.41, 5.74) is 0. The Morgan fingerprint density at radius 2 is 2.25 bits per heavy atom. The lowest BCUT2D eigenvalue weighted by molar-refractivity contribution is -0.140. The van der Waals surface area contributed by atoms with Crippen LogP contribution in [0.5, 0.6) is 0 Å². The Bertz CT molecular complexity index is 308. The molecule has 116 valence electrons. The van der Waals surface area contributed by atoms with Gasteiger partial charge in [-0.05, 0) is 38.1 Å². The van der Waals surface area contributed by atoms with Crippen LogP contribution in [-0.2, 0) is 14.3 Å². The number of aliphatic hydroxyl groups is 1. The van der Waals surface area contributed by atoms with E-state index < -0.39 is 0 Å². The van der Waals surface area contributed by atoms with Crippen molar-refractivity contribution >= 4 is 11.9 Å². The molecule has 0 aliphatic carbocycles. The Morgan fingerprint density at radius 3 is 2.95 bits per heavy atom. The van der Waals surface area contributed by atoms with E-state index in [1.54, 1.807) is 0 Å². The minimum atomic E-state index is -0.248.